The summed E-state index contributed by atoms with van der Waals surface area (Å²) >= 11 is 11.1. The Hall–Kier alpha value is -1.72. The van der Waals surface area contributed by atoms with E-state index in [4.69, 9.17) is 23.8 Å². The Bertz CT molecular complexity index is 810. The topological polar surface area (TPSA) is 33.6 Å². The molecule has 0 saturated carbocycles. The molecule has 2 heterocycles. The molecule has 1 N–H and O–H groups in total. The molecule has 6 heteroatoms. The molecule has 0 aliphatic carbocycles. The Morgan fingerprint density at radius 3 is 2.95 bits per heavy atom. The highest BCUT2D eigenvalue weighted by Gasteiger charge is 2.09. The van der Waals surface area contributed by atoms with Gasteiger partial charge in [-0.05, 0) is 30.4 Å². The zero-order chi connectivity index (χ0) is 14.1. The van der Waals surface area contributed by atoms with Crippen LogP contribution in [0.1, 0.15) is 5.69 Å². The summed E-state index contributed by atoms with van der Waals surface area (Å²) in [5.41, 5.74) is 2.42. The van der Waals surface area contributed by atoms with Crippen LogP contribution in [0.15, 0.2) is 36.5 Å². The molecule has 0 aliphatic rings. The molecule has 0 spiro atoms. The molecule has 0 radical (unpaired) electrons. The van der Waals surface area contributed by atoms with Crippen molar-refractivity contribution in [2.24, 2.45) is 0 Å². The summed E-state index contributed by atoms with van der Waals surface area (Å²) in [6.07, 6.45) is 2.48. The van der Waals surface area contributed by atoms with Crippen LogP contribution in [0.2, 0.25) is 5.02 Å². The molecule has 20 heavy (non-hydrogen) atoms. The number of aromatic amines is 1. The van der Waals surface area contributed by atoms with E-state index in [1.165, 1.54) is 6.07 Å². The van der Waals surface area contributed by atoms with Gasteiger partial charge in [0.1, 0.15) is 5.82 Å². The molecule has 0 amide bonds. The van der Waals surface area contributed by atoms with Gasteiger partial charge in [0, 0.05) is 30.9 Å². The van der Waals surface area contributed by atoms with Crippen molar-refractivity contribution in [1.82, 2.24) is 14.5 Å². The van der Waals surface area contributed by atoms with Crippen LogP contribution in [0.25, 0.3) is 11.0 Å². The number of fused-ring (bicyclic) bond motifs is 1. The van der Waals surface area contributed by atoms with Gasteiger partial charge in [0.15, 0.2) is 4.77 Å². The molecule has 3 nitrogen and oxygen atoms in total. The van der Waals surface area contributed by atoms with E-state index in [9.17, 15) is 4.39 Å². The van der Waals surface area contributed by atoms with E-state index < -0.39 is 5.82 Å². The summed E-state index contributed by atoms with van der Waals surface area (Å²) in [4.78, 5) is 7.30. The minimum Gasteiger partial charge on any atom is -0.331 e. The summed E-state index contributed by atoms with van der Waals surface area (Å²) in [5.74, 6) is -0.445. The van der Waals surface area contributed by atoms with Gasteiger partial charge in [0.2, 0.25) is 0 Å². The van der Waals surface area contributed by atoms with Crippen molar-refractivity contribution in [3.63, 3.8) is 0 Å². The lowest BCUT2D eigenvalue weighted by Crippen LogP contribution is -2.02. The summed E-state index contributed by atoms with van der Waals surface area (Å²) in [7, 11) is 0. The van der Waals surface area contributed by atoms with Crippen molar-refractivity contribution >= 4 is 34.9 Å². The Balaban J connectivity index is 1.97. The van der Waals surface area contributed by atoms with Gasteiger partial charge in [0.25, 0.3) is 0 Å². The first kappa shape index (κ1) is 13.3. The Labute approximate surface area is 125 Å². The molecule has 0 bridgehead atoms. The van der Waals surface area contributed by atoms with Crippen molar-refractivity contribution in [1.29, 1.82) is 0 Å². The average molecular weight is 308 g/mol. The number of aryl methyl sites for hydroxylation is 2. The van der Waals surface area contributed by atoms with E-state index in [1.807, 2.05) is 22.8 Å². The first-order valence-electron chi connectivity index (χ1n) is 6.12. The zero-order valence-electron chi connectivity index (χ0n) is 10.4. The summed E-state index contributed by atoms with van der Waals surface area (Å²) in [6, 6.07) is 8.73. The van der Waals surface area contributed by atoms with Gasteiger partial charge in [-0.15, -0.1) is 0 Å². The van der Waals surface area contributed by atoms with Gasteiger partial charge in [-0.3, -0.25) is 4.98 Å². The lowest BCUT2D eigenvalue weighted by molar-refractivity contribution is 0.627. The molecule has 2 aromatic heterocycles. The highest BCUT2D eigenvalue weighted by atomic mass is 35.5. The van der Waals surface area contributed by atoms with Crippen LogP contribution >= 0.6 is 23.8 Å². The van der Waals surface area contributed by atoms with Crippen molar-refractivity contribution in [2.75, 3.05) is 0 Å². The van der Waals surface area contributed by atoms with Gasteiger partial charge >= 0.3 is 0 Å². The number of hydrogen-bond donors (Lipinski definition) is 1. The fraction of sp³-hybridized carbons (Fsp3) is 0.143. The van der Waals surface area contributed by atoms with E-state index in [1.54, 1.807) is 12.3 Å². The Morgan fingerprint density at radius 1 is 1.35 bits per heavy atom. The van der Waals surface area contributed by atoms with Gasteiger partial charge in [0.05, 0.1) is 16.1 Å². The molecule has 0 unspecified atom stereocenters. The molecule has 3 rings (SSSR count). The second kappa shape index (κ2) is 5.34. The molecule has 3 aromatic rings. The number of rotatable bonds is 3. The van der Waals surface area contributed by atoms with Gasteiger partial charge in [-0.25, -0.2) is 4.39 Å². The summed E-state index contributed by atoms with van der Waals surface area (Å²) in [6.45, 7) is 0.636. The summed E-state index contributed by atoms with van der Waals surface area (Å²) in [5, 5.41) is 0.0885. The molecule has 0 aliphatic heterocycles. The minimum absolute atomic E-state index is 0.0885. The smallest absolute Gasteiger partial charge is 0.178 e. The standard InChI is InChI=1S/C14H11ClFN3S/c15-10-7-12-13(8-11(10)16)19(14(20)18-12)6-4-9-3-1-2-5-17-9/h1-3,5,7-8H,4,6H2,(H,18,20). The Morgan fingerprint density at radius 2 is 2.20 bits per heavy atom. The minimum atomic E-state index is -0.445. The predicted octanol–water partition coefficient (Wildman–Crippen LogP) is 4.13. The van der Waals surface area contributed by atoms with Crippen molar-refractivity contribution in [2.45, 2.75) is 13.0 Å². The fourth-order valence-corrected chi connectivity index (χ4v) is 2.61. The largest absolute Gasteiger partial charge is 0.331 e. The highest BCUT2D eigenvalue weighted by Crippen LogP contribution is 2.23. The number of nitrogens with one attached hydrogen (secondary N) is 1. The normalized spacial score (nSPS) is 11.1. The molecule has 0 atom stereocenters. The van der Waals surface area contributed by atoms with Gasteiger partial charge < -0.3 is 9.55 Å². The van der Waals surface area contributed by atoms with Gasteiger partial charge in [-0.2, -0.15) is 0 Å². The zero-order valence-corrected chi connectivity index (χ0v) is 12.0. The number of benzene rings is 1. The second-order valence-corrected chi connectivity index (χ2v) is 5.23. The molecular weight excluding hydrogens is 297 g/mol. The number of pyridine rings is 1. The van der Waals surface area contributed by atoms with Crippen LogP contribution in [0, 0.1) is 10.6 Å². The summed E-state index contributed by atoms with van der Waals surface area (Å²) < 4.78 is 16.0. The molecule has 1 aromatic carbocycles. The van der Waals surface area contributed by atoms with E-state index in [-0.39, 0.29) is 5.02 Å². The monoisotopic (exact) mass is 307 g/mol. The number of aromatic nitrogens is 3. The highest BCUT2D eigenvalue weighted by molar-refractivity contribution is 7.71. The predicted molar refractivity (Wildman–Crippen MR) is 80.0 cm³/mol. The molecule has 0 saturated heterocycles. The lowest BCUT2D eigenvalue weighted by atomic mass is 10.2. The molecule has 0 fully saturated rings. The van der Waals surface area contributed by atoms with E-state index >= 15 is 0 Å². The van der Waals surface area contributed by atoms with Gasteiger partial charge in [-0.1, -0.05) is 17.7 Å². The van der Waals surface area contributed by atoms with Crippen molar-refractivity contribution in [3.05, 3.63) is 57.8 Å². The number of halogens is 2. The molecule has 102 valence electrons. The number of nitrogens with zero attached hydrogens (tertiary/aromatic N) is 2. The van der Waals surface area contributed by atoms with E-state index in [0.29, 0.717) is 16.8 Å². The first-order chi connectivity index (χ1) is 9.65. The third-order valence-electron chi connectivity index (χ3n) is 3.13. The fourth-order valence-electron chi connectivity index (χ4n) is 2.15. The SMILES string of the molecule is Fc1cc2c(cc1Cl)[nH]c(=S)n2CCc1ccccn1. The maximum atomic E-state index is 13.6. The number of H-pyrrole nitrogens is 1. The average Bonchev–Trinajstić information content (AvgIpc) is 2.73. The van der Waals surface area contributed by atoms with Crippen LogP contribution in [0.5, 0.6) is 0 Å². The molecular formula is C14H11ClFN3S. The van der Waals surface area contributed by atoms with E-state index in [0.717, 1.165) is 17.6 Å². The lowest BCUT2D eigenvalue weighted by Gasteiger charge is -2.04. The number of imidazole rings is 1. The van der Waals surface area contributed by atoms with Crippen molar-refractivity contribution < 1.29 is 4.39 Å². The number of hydrogen-bond acceptors (Lipinski definition) is 2. The van der Waals surface area contributed by atoms with Crippen LogP contribution in [0.4, 0.5) is 4.39 Å². The van der Waals surface area contributed by atoms with E-state index in [2.05, 4.69) is 9.97 Å². The maximum absolute atomic E-state index is 13.6. The first-order valence-corrected chi connectivity index (χ1v) is 6.91. The Kier molecular flexibility index (Phi) is 3.54. The van der Waals surface area contributed by atoms with Crippen LogP contribution in [-0.4, -0.2) is 14.5 Å². The third kappa shape index (κ3) is 2.46. The van der Waals surface area contributed by atoms with Crippen LogP contribution in [0.3, 0.4) is 0 Å². The maximum Gasteiger partial charge on any atom is 0.178 e. The van der Waals surface area contributed by atoms with Crippen LogP contribution in [-0.2, 0) is 13.0 Å². The quantitative estimate of drug-likeness (QED) is 0.738. The van der Waals surface area contributed by atoms with Crippen LogP contribution < -0.4 is 0 Å². The van der Waals surface area contributed by atoms with Crippen molar-refractivity contribution in [3.8, 4) is 0 Å². The second-order valence-electron chi connectivity index (χ2n) is 4.44. The third-order valence-corrected chi connectivity index (χ3v) is 3.75.